The molecule has 1 radical (unpaired) electrons. The van der Waals surface area contributed by atoms with Crippen LogP contribution in [0.4, 0.5) is 0 Å². The minimum atomic E-state index is -0.613. The molecular formula is C32H28CuN2P+. The van der Waals surface area contributed by atoms with Gasteiger partial charge >= 0.3 is 17.1 Å². The summed E-state index contributed by atoms with van der Waals surface area (Å²) in [6, 6.07) is 40.3. The Balaban J connectivity index is 0.000000167. The van der Waals surface area contributed by atoms with E-state index in [1.807, 2.05) is 24.5 Å². The van der Waals surface area contributed by atoms with E-state index >= 15 is 0 Å². The molecule has 0 spiro atoms. The van der Waals surface area contributed by atoms with Crippen LogP contribution in [-0.2, 0) is 17.1 Å². The van der Waals surface area contributed by atoms with Crippen LogP contribution < -0.4 is 15.6 Å². The Hall–Kier alpha value is -3.22. The molecule has 36 heavy (non-hydrogen) atoms. The fraction of sp³-hybridized carbons (Fsp3) is 0.0625. The Morgan fingerprint density at radius 3 is 1.92 bits per heavy atom. The summed E-state index contributed by atoms with van der Waals surface area (Å²) < 4.78 is 0. The van der Waals surface area contributed by atoms with Gasteiger partial charge in [0.05, 0.1) is 24.0 Å². The van der Waals surface area contributed by atoms with Crippen LogP contribution in [0.15, 0.2) is 128 Å². The first kappa shape index (κ1) is 25.9. The monoisotopic (exact) mass is 534 g/mol. The van der Waals surface area contributed by atoms with Gasteiger partial charge in [0.2, 0.25) is 0 Å². The fourth-order valence-electron chi connectivity index (χ4n) is 4.48. The zero-order chi connectivity index (χ0) is 23.9. The minimum absolute atomic E-state index is 0. The van der Waals surface area contributed by atoms with Crippen molar-refractivity contribution in [2.24, 2.45) is 0 Å². The Morgan fingerprint density at radius 2 is 1.25 bits per heavy atom. The second kappa shape index (κ2) is 12.7. The fourth-order valence-corrected chi connectivity index (χ4v) is 6.94. The van der Waals surface area contributed by atoms with E-state index < -0.39 is 7.92 Å². The molecule has 2 heterocycles. The zero-order valence-corrected chi connectivity index (χ0v) is 21.9. The Labute approximate surface area is 225 Å². The third-order valence-corrected chi connectivity index (χ3v) is 9.03. The molecule has 0 aliphatic carbocycles. The first-order valence-electron chi connectivity index (χ1n) is 12.0. The molecule has 4 heteroatoms. The average Bonchev–Trinajstić information content (AvgIpc) is 3.42. The van der Waals surface area contributed by atoms with E-state index in [1.54, 1.807) is 0 Å². The van der Waals surface area contributed by atoms with E-state index in [2.05, 4.69) is 120 Å². The van der Waals surface area contributed by atoms with Gasteiger partial charge in [0, 0.05) is 23.3 Å². The Morgan fingerprint density at radius 1 is 0.639 bits per heavy atom. The van der Waals surface area contributed by atoms with Gasteiger partial charge in [-0.1, -0.05) is 84.9 Å². The van der Waals surface area contributed by atoms with Crippen molar-refractivity contribution in [1.82, 2.24) is 9.97 Å². The summed E-state index contributed by atoms with van der Waals surface area (Å²) >= 11 is 0. The summed E-state index contributed by atoms with van der Waals surface area (Å²) in [5.41, 5.74) is 4.36. The summed E-state index contributed by atoms with van der Waals surface area (Å²) in [6.07, 6.45) is 5.91. The first-order valence-corrected chi connectivity index (χ1v) is 13.7. The number of hydrogen-bond donors (Lipinski definition) is 0. The largest absolute Gasteiger partial charge is 2.00 e. The van der Waals surface area contributed by atoms with Crippen molar-refractivity contribution < 1.29 is 17.1 Å². The number of aromatic nitrogens is 2. The maximum atomic E-state index is 4.52. The smallest absolute Gasteiger partial charge is 0.663 e. The second-order valence-corrected chi connectivity index (χ2v) is 11.0. The molecule has 6 aromatic rings. The van der Waals surface area contributed by atoms with Crippen LogP contribution >= 0.6 is 7.92 Å². The zero-order valence-electron chi connectivity index (χ0n) is 19.9. The molecule has 0 unspecified atom stereocenters. The molecule has 0 aliphatic rings. The average molecular weight is 535 g/mol. The van der Waals surface area contributed by atoms with Gasteiger partial charge in [-0.2, -0.15) is 6.20 Å². The van der Waals surface area contributed by atoms with E-state index in [0.29, 0.717) is 0 Å². The van der Waals surface area contributed by atoms with Gasteiger partial charge < -0.3 is 11.9 Å². The molecule has 0 fully saturated rings. The number of hydrogen-bond acceptors (Lipinski definition) is 1. The molecule has 4 aromatic carbocycles. The third kappa shape index (κ3) is 5.77. The number of benzene rings is 4. The molecule has 0 amide bonds. The molecule has 2 aromatic heterocycles. The molecule has 0 saturated heterocycles. The predicted molar refractivity (Wildman–Crippen MR) is 153 cm³/mol. The first-order chi connectivity index (χ1) is 17.3. The molecule has 0 saturated carbocycles. The summed E-state index contributed by atoms with van der Waals surface area (Å²) in [4.78, 5) is 9.00. The Kier molecular flexibility index (Phi) is 9.09. The quantitative estimate of drug-likeness (QED) is 0.134. The van der Waals surface area contributed by atoms with Crippen LogP contribution in [-0.4, -0.2) is 11.1 Å². The van der Waals surface area contributed by atoms with Crippen LogP contribution in [0.25, 0.3) is 32.9 Å². The number of rotatable bonds is 5. The second-order valence-electron chi connectivity index (χ2n) is 8.38. The predicted octanol–water partition coefficient (Wildman–Crippen LogP) is 7.09. The summed E-state index contributed by atoms with van der Waals surface area (Å²) in [7, 11) is -0.613. The van der Waals surface area contributed by atoms with E-state index in [-0.39, 0.29) is 17.1 Å². The number of para-hydroxylation sites is 2. The van der Waals surface area contributed by atoms with Crippen LogP contribution in [0.3, 0.4) is 0 Å². The molecule has 2 nitrogen and oxygen atoms in total. The van der Waals surface area contributed by atoms with E-state index in [4.69, 9.17) is 0 Å². The van der Waals surface area contributed by atoms with Gasteiger partial charge in [0.1, 0.15) is 0 Å². The van der Waals surface area contributed by atoms with Crippen LogP contribution in [0.2, 0.25) is 0 Å². The molecule has 0 aliphatic heterocycles. The number of pyridine rings is 1. The van der Waals surface area contributed by atoms with Crippen molar-refractivity contribution in [3.05, 3.63) is 135 Å². The molecule has 0 atom stereocenters. The molecule has 6 rings (SSSR count). The maximum Gasteiger partial charge on any atom is 2.00 e. The minimum Gasteiger partial charge on any atom is -0.663 e. The van der Waals surface area contributed by atoms with E-state index in [1.165, 1.54) is 22.2 Å². The standard InChI is InChI=1S/C17H11N2.C15H16P.Cu/c1-4-12-6-3-10-18-16(12)14(7-1)15-8-2-5-13-9-11-19-17(13)15;1-2-13-16(14-9-5-3-6-10-14)15-11-7-4-8-12-15;/h1-11H;3-12H,1-2,13H2;/q2*-1;+2/p+1. The van der Waals surface area contributed by atoms with Crippen molar-refractivity contribution in [2.75, 3.05) is 6.16 Å². The molecule has 181 valence electrons. The van der Waals surface area contributed by atoms with Crippen molar-refractivity contribution >= 4 is 40.3 Å². The Bertz CT molecular complexity index is 1470. The van der Waals surface area contributed by atoms with Gasteiger partial charge in [-0.25, -0.2) is 0 Å². The van der Waals surface area contributed by atoms with Crippen molar-refractivity contribution in [2.45, 2.75) is 6.42 Å². The SMILES string of the molecule is [CH2-]CC[PH+](c1ccccc1)c1ccccc1.[Cu+2].c1cnc2c(-c3cccc4cc[n-]c34)cccc2c1. The maximum absolute atomic E-state index is 4.52. The van der Waals surface area contributed by atoms with E-state index in [9.17, 15) is 0 Å². The van der Waals surface area contributed by atoms with Gasteiger partial charge in [0.15, 0.2) is 0 Å². The summed E-state index contributed by atoms with van der Waals surface area (Å²) in [5.74, 6) is 0. The van der Waals surface area contributed by atoms with Crippen LogP contribution in [0, 0.1) is 6.92 Å². The molecule has 0 bridgehead atoms. The summed E-state index contributed by atoms with van der Waals surface area (Å²) in [5, 5.41) is 5.30. The number of fused-ring (bicyclic) bond motifs is 2. The number of nitrogens with zero attached hydrogens (tertiary/aromatic N) is 2. The molecular weight excluding hydrogens is 507 g/mol. The van der Waals surface area contributed by atoms with Crippen LogP contribution in [0.5, 0.6) is 0 Å². The van der Waals surface area contributed by atoms with Gasteiger partial charge in [-0.15, -0.1) is 11.9 Å². The van der Waals surface area contributed by atoms with Gasteiger partial charge in [-0.05, 0) is 41.3 Å². The topological polar surface area (TPSA) is 27.0 Å². The van der Waals surface area contributed by atoms with Crippen molar-refractivity contribution in [3.63, 3.8) is 0 Å². The normalized spacial score (nSPS) is 10.6. The van der Waals surface area contributed by atoms with E-state index in [0.717, 1.165) is 34.0 Å². The van der Waals surface area contributed by atoms with Gasteiger partial charge in [0.25, 0.3) is 0 Å². The molecule has 0 N–H and O–H groups in total. The third-order valence-electron chi connectivity index (χ3n) is 6.12. The van der Waals surface area contributed by atoms with Crippen LogP contribution in [0.1, 0.15) is 6.42 Å². The van der Waals surface area contributed by atoms with Crippen molar-refractivity contribution in [1.29, 1.82) is 0 Å². The van der Waals surface area contributed by atoms with Gasteiger partial charge in [-0.3, -0.25) is 4.98 Å². The van der Waals surface area contributed by atoms with Crippen molar-refractivity contribution in [3.8, 4) is 11.1 Å². The summed E-state index contributed by atoms with van der Waals surface area (Å²) in [6.45, 7) is 4.00.